The first-order valence-electron chi connectivity index (χ1n) is 4.87. The summed E-state index contributed by atoms with van der Waals surface area (Å²) < 4.78 is 4.81. The van der Waals surface area contributed by atoms with Gasteiger partial charge in [0.05, 0.1) is 6.61 Å². The molecule has 0 saturated heterocycles. The summed E-state index contributed by atoms with van der Waals surface area (Å²) in [6.07, 6.45) is 2.26. The Morgan fingerprint density at radius 2 is 2.27 bits per heavy atom. The van der Waals surface area contributed by atoms with Gasteiger partial charge in [0, 0.05) is 26.4 Å². The fourth-order valence-corrected chi connectivity index (χ4v) is 0.818. The molecular formula is C10H17N3O2. The molecule has 0 fully saturated rings. The zero-order valence-corrected chi connectivity index (χ0v) is 9.17. The number of hydrogen-bond acceptors (Lipinski definition) is 4. The minimum absolute atomic E-state index is 0.0829. The van der Waals surface area contributed by atoms with Gasteiger partial charge in [-0.15, -0.1) is 0 Å². The number of carbonyl (C=O) groups excluding carboxylic acids is 1. The number of ether oxygens (including phenoxy) is 1. The average molecular weight is 211 g/mol. The van der Waals surface area contributed by atoms with Crippen molar-refractivity contribution in [3.05, 3.63) is 11.8 Å². The lowest BCUT2D eigenvalue weighted by atomic mass is 10.3. The van der Waals surface area contributed by atoms with Crippen LogP contribution in [0.3, 0.4) is 0 Å². The quantitative estimate of drug-likeness (QED) is 0.357. The van der Waals surface area contributed by atoms with Gasteiger partial charge >= 0.3 is 0 Å². The van der Waals surface area contributed by atoms with Crippen molar-refractivity contribution in [2.75, 3.05) is 26.8 Å². The molecule has 0 bridgehead atoms. The molecule has 0 aliphatic heterocycles. The van der Waals surface area contributed by atoms with Crippen LogP contribution in [0.1, 0.15) is 13.3 Å². The molecule has 15 heavy (non-hydrogen) atoms. The Bertz CT molecular complexity index is 256. The lowest BCUT2D eigenvalue weighted by molar-refractivity contribution is -0.117. The van der Waals surface area contributed by atoms with E-state index in [1.54, 1.807) is 7.11 Å². The van der Waals surface area contributed by atoms with Crippen LogP contribution in [0.15, 0.2) is 11.8 Å². The van der Waals surface area contributed by atoms with Gasteiger partial charge in [0.25, 0.3) is 5.91 Å². The molecule has 0 aliphatic rings. The van der Waals surface area contributed by atoms with Crippen molar-refractivity contribution in [2.24, 2.45) is 0 Å². The topological polar surface area (TPSA) is 74.2 Å². The van der Waals surface area contributed by atoms with E-state index in [1.165, 1.54) is 6.20 Å². The fraction of sp³-hybridized carbons (Fsp3) is 0.600. The number of rotatable bonds is 7. The van der Waals surface area contributed by atoms with Gasteiger partial charge in [-0.25, -0.2) is 0 Å². The largest absolute Gasteiger partial charge is 0.387 e. The number of nitrogens with zero attached hydrogens (tertiary/aromatic N) is 1. The van der Waals surface area contributed by atoms with Crippen molar-refractivity contribution in [1.82, 2.24) is 10.6 Å². The molecule has 0 aliphatic carbocycles. The predicted molar refractivity (Wildman–Crippen MR) is 56.9 cm³/mol. The number of nitriles is 1. The molecule has 0 aromatic carbocycles. The summed E-state index contributed by atoms with van der Waals surface area (Å²) in [5.41, 5.74) is 0.0829. The van der Waals surface area contributed by atoms with Gasteiger partial charge in [-0.2, -0.15) is 5.26 Å². The molecule has 0 aromatic heterocycles. The van der Waals surface area contributed by atoms with Gasteiger partial charge in [0.1, 0.15) is 11.6 Å². The summed E-state index contributed by atoms with van der Waals surface area (Å²) in [7, 11) is 1.59. The molecule has 0 atom stereocenters. The molecule has 2 N–H and O–H groups in total. The normalized spacial score (nSPS) is 10.6. The second-order valence-corrected chi connectivity index (χ2v) is 2.87. The van der Waals surface area contributed by atoms with E-state index in [4.69, 9.17) is 10.00 Å². The molecule has 5 heteroatoms. The Balaban J connectivity index is 4.00. The number of methoxy groups -OCH3 is 1. The van der Waals surface area contributed by atoms with Crippen LogP contribution in [0.2, 0.25) is 0 Å². The van der Waals surface area contributed by atoms with E-state index in [-0.39, 0.29) is 11.5 Å². The van der Waals surface area contributed by atoms with Gasteiger partial charge in [-0.1, -0.05) is 6.92 Å². The lowest BCUT2D eigenvalue weighted by Crippen LogP contribution is -2.26. The number of nitrogens with one attached hydrogen (secondary N) is 2. The maximum absolute atomic E-state index is 11.3. The molecule has 1 amide bonds. The highest BCUT2D eigenvalue weighted by atomic mass is 16.5. The SMILES string of the molecule is CCCNC(=O)/C(C#N)=C\NCCOC. The van der Waals surface area contributed by atoms with E-state index >= 15 is 0 Å². The maximum atomic E-state index is 11.3. The maximum Gasteiger partial charge on any atom is 0.263 e. The van der Waals surface area contributed by atoms with E-state index in [1.807, 2.05) is 13.0 Å². The van der Waals surface area contributed by atoms with Gasteiger partial charge < -0.3 is 15.4 Å². The summed E-state index contributed by atoms with van der Waals surface area (Å²) in [6.45, 7) is 3.64. The highest BCUT2D eigenvalue weighted by Crippen LogP contribution is 1.90. The van der Waals surface area contributed by atoms with E-state index in [2.05, 4.69) is 10.6 Å². The minimum Gasteiger partial charge on any atom is -0.387 e. The van der Waals surface area contributed by atoms with Crippen LogP contribution in [0.5, 0.6) is 0 Å². The van der Waals surface area contributed by atoms with E-state index in [9.17, 15) is 4.79 Å². The van der Waals surface area contributed by atoms with Gasteiger partial charge in [0.15, 0.2) is 0 Å². The summed E-state index contributed by atoms with van der Waals surface area (Å²) in [5, 5.41) is 14.1. The first-order valence-corrected chi connectivity index (χ1v) is 4.87. The van der Waals surface area contributed by atoms with Crippen molar-refractivity contribution in [3.63, 3.8) is 0 Å². The van der Waals surface area contributed by atoms with Gasteiger partial charge in [-0.3, -0.25) is 4.79 Å². The first kappa shape index (κ1) is 13.5. The number of amides is 1. The third kappa shape index (κ3) is 6.52. The zero-order valence-electron chi connectivity index (χ0n) is 9.17. The van der Waals surface area contributed by atoms with Crippen molar-refractivity contribution in [3.8, 4) is 6.07 Å². The molecule has 0 saturated carbocycles. The third-order valence-corrected chi connectivity index (χ3v) is 1.60. The van der Waals surface area contributed by atoms with Crippen LogP contribution >= 0.6 is 0 Å². The number of hydrogen-bond donors (Lipinski definition) is 2. The van der Waals surface area contributed by atoms with Crippen LogP contribution in [-0.4, -0.2) is 32.7 Å². The summed E-state index contributed by atoms with van der Waals surface area (Å²) >= 11 is 0. The van der Waals surface area contributed by atoms with Gasteiger partial charge in [0.2, 0.25) is 0 Å². The van der Waals surface area contributed by atoms with Crippen molar-refractivity contribution in [2.45, 2.75) is 13.3 Å². The van der Waals surface area contributed by atoms with Crippen molar-refractivity contribution < 1.29 is 9.53 Å². The first-order chi connectivity index (χ1) is 7.26. The average Bonchev–Trinajstić information content (AvgIpc) is 2.26. The standard InChI is InChI=1S/C10H17N3O2/c1-3-4-13-10(14)9(7-11)8-12-5-6-15-2/h8,12H,3-6H2,1-2H3,(H,13,14)/b9-8-. The van der Waals surface area contributed by atoms with Crippen LogP contribution in [-0.2, 0) is 9.53 Å². The fourth-order valence-electron chi connectivity index (χ4n) is 0.818. The Labute approximate surface area is 90.1 Å². The zero-order chi connectivity index (χ0) is 11.5. The van der Waals surface area contributed by atoms with E-state index in [0.29, 0.717) is 19.7 Å². The van der Waals surface area contributed by atoms with Crippen LogP contribution in [0.4, 0.5) is 0 Å². The Hall–Kier alpha value is -1.54. The molecule has 0 radical (unpaired) electrons. The second kappa shape index (κ2) is 9.03. The lowest BCUT2D eigenvalue weighted by Gasteiger charge is -2.02. The van der Waals surface area contributed by atoms with Crippen LogP contribution < -0.4 is 10.6 Å². The van der Waals surface area contributed by atoms with E-state index in [0.717, 1.165) is 6.42 Å². The monoisotopic (exact) mass is 211 g/mol. The molecule has 0 rings (SSSR count). The van der Waals surface area contributed by atoms with E-state index < -0.39 is 0 Å². The molecule has 0 unspecified atom stereocenters. The molecule has 0 aromatic rings. The predicted octanol–water partition coefficient (Wildman–Crippen LogP) is 0.156. The summed E-state index contributed by atoms with van der Waals surface area (Å²) in [5.74, 6) is -0.343. The Kier molecular flexibility index (Phi) is 8.10. The van der Waals surface area contributed by atoms with Crippen molar-refractivity contribution >= 4 is 5.91 Å². The minimum atomic E-state index is -0.343. The molecule has 0 spiro atoms. The molecule has 84 valence electrons. The highest BCUT2D eigenvalue weighted by Gasteiger charge is 2.06. The molecule has 5 nitrogen and oxygen atoms in total. The Morgan fingerprint density at radius 1 is 1.53 bits per heavy atom. The van der Waals surface area contributed by atoms with Crippen LogP contribution in [0.25, 0.3) is 0 Å². The second-order valence-electron chi connectivity index (χ2n) is 2.87. The van der Waals surface area contributed by atoms with Gasteiger partial charge in [-0.05, 0) is 6.42 Å². The molecule has 0 heterocycles. The Morgan fingerprint density at radius 3 is 2.80 bits per heavy atom. The third-order valence-electron chi connectivity index (χ3n) is 1.60. The summed E-state index contributed by atoms with van der Waals surface area (Å²) in [4.78, 5) is 11.3. The van der Waals surface area contributed by atoms with Crippen LogP contribution in [0, 0.1) is 11.3 Å². The smallest absolute Gasteiger partial charge is 0.263 e. The molecular weight excluding hydrogens is 194 g/mol. The van der Waals surface area contributed by atoms with Crippen molar-refractivity contribution in [1.29, 1.82) is 5.26 Å². The number of carbonyl (C=O) groups is 1. The summed E-state index contributed by atoms with van der Waals surface area (Å²) in [6, 6.07) is 1.83. The highest BCUT2D eigenvalue weighted by molar-refractivity contribution is 5.97.